The van der Waals surface area contributed by atoms with Gasteiger partial charge in [0.05, 0.1) is 6.61 Å². The van der Waals surface area contributed by atoms with Gasteiger partial charge in [-0.05, 0) is 87.6 Å². The molecular formula is C24H38N2O3. The van der Waals surface area contributed by atoms with Gasteiger partial charge in [0.25, 0.3) is 0 Å². The van der Waals surface area contributed by atoms with Gasteiger partial charge in [-0.1, -0.05) is 19.9 Å². The average Bonchev–Trinajstić information content (AvgIpc) is 3.02. The van der Waals surface area contributed by atoms with Crippen LogP contribution in [0, 0.1) is 40.4 Å². The topological polar surface area (TPSA) is 67.4 Å². The predicted molar refractivity (Wildman–Crippen MR) is 113 cm³/mol. The van der Waals surface area contributed by atoms with Gasteiger partial charge in [-0.3, -0.25) is 15.1 Å². The first-order chi connectivity index (χ1) is 13.9. The van der Waals surface area contributed by atoms with E-state index in [4.69, 9.17) is 4.84 Å². The molecular weight excluding hydrogens is 364 g/mol. The second kappa shape index (κ2) is 8.14. The van der Waals surface area contributed by atoms with E-state index in [2.05, 4.69) is 30.7 Å². The molecule has 0 radical (unpaired) electrons. The van der Waals surface area contributed by atoms with Crippen molar-refractivity contribution in [1.29, 1.82) is 0 Å². The monoisotopic (exact) mass is 402 g/mol. The molecule has 2 N–H and O–H groups in total. The number of aldehydes is 1. The van der Waals surface area contributed by atoms with Crippen molar-refractivity contribution in [2.24, 2.45) is 40.4 Å². The summed E-state index contributed by atoms with van der Waals surface area (Å²) < 4.78 is 0. The normalized spacial score (nSPS) is 43.8. The maximum absolute atomic E-state index is 12.6. The van der Waals surface area contributed by atoms with E-state index >= 15 is 0 Å². The Hall–Kier alpha value is -1.20. The fourth-order valence-corrected chi connectivity index (χ4v) is 7.46. The fourth-order valence-electron chi connectivity index (χ4n) is 7.46. The molecule has 0 heterocycles. The van der Waals surface area contributed by atoms with Crippen LogP contribution in [0.2, 0.25) is 0 Å². The van der Waals surface area contributed by atoms with E-state index in [0.29, 0.717) is 30.1 Å². The predicted octanol–water partition coefficient (Wildman–Crippen LogP) is 3.65. The standard InChI is InChI=1S/C24H38N2O3/c1-23-9-7-17(26-29-12-4-11-25-3)14-21(23)16(15-27)13-18-19-5-6-22(28)24(19,2)10-8-20(18)23/h14-16,18-21,25-26H,4-13H2,1-3H3/t16?,18-,19-,20-,21?,23+,24-/m0/s1. The van der Waals surface area contributed by atoms with E-state index in [1.54, 1.807) is 0 Å². The smallest absolute Gasteiger partial charge is 0.139 e. The molecule has 2 unspecified atom stereocenters. The molecule has 5 heteroatoms. The number of hydrogen-bond donors (Lipinski definition) is 2. The summed E-state index contributed by atoms with van der Waals surface area (Å²) in [5.41, 5.74) is 4.33. The molecule has 0 aromatic carbocycles. The van der Waals surface area contributed by atoms with Gasteiger partial charge in [-0.15, -0.1) is 0 Å². The zero-order valence-corrected chi connectivity index (χ0v) is 18.3. The Morgan fingerprint density at radius 1 is 1.21 bits per heavy atom. The molecule has 3 saturated carbocycles. The minimum Gasteiger partial charge on any atom is -0.320 e. The summed E-state index contributed by atoms with van der Waals surface area (Å²) in [5, 5.41) is 3.13. The lowest BCUT2D eigenvalue weighted by Crippen LogP contribution is -2.55. The number of fused-ring (bicyclic) bond motifs is 5. The molecule has 7 atom stereocenters. The van der Waals surface area contributed by atoms with Gasteiger partial charge in [-0.25, -0.2) is 0 Å². The molecule has 0 bridgehead atoms. The minimum atomic E-state index is -0.129. The number of Topliss-reactive ketones (excluding diaryl/α,β-unsaturated/α-hetero) is 1. The number of ketones is 1. The second-order valence-corrected chi connectivity index (χ2v) is 10.5. The number of hydrogen-bond acceptors (Lipinski definition) is 5. The number of rotatable bonds is 7. The molecule has 0 amide bonds. The van der Waals surface area contributed by atoms with Crippen molar-refractivity contribution >= 4 is 12.1 Å². The summed E-state index contributed by atoms with van der Waals surface area (Å²) in [7, 11) is 1.95. The van der Waals surface area contributed by atoms with Crippen molar-refractivity contribution in [3.05, 3.63) is 11.8 Å². The Morgan fingerprint density at radius 2 is 2.03 bits per heavy atom. The average molecular weight is 403 g/mol. The van der Waals surface area contributed by atoms with Crippen molar-refractivity contribution in [3.63, 3.8) is 0 Å². The van der Waals surface area contributed by atoms with Crippen molar-refractivity contribution in [2.45, 2.75) is 65.2 Å². The molecule has 3 fully saturated rings. The Kier molecular flexibility index (Phi) is 5.91. The largest absolute Gasteiger partial charge is 0.320 e. The Balaban J connectivity index is 1.51. The maximum Gasteiger partial charge on any atom is 0.139 e. The number of carbonyl (C=O) groups excluding carboxylic acids is 2. The number of nitrogens with one attached hydrogen (secondary N) is 2. The fraction of sp³-hybridized carbons (Fsp3) is 0.833. The van der Waals surface area contributed by atoms with Crippen LogP contribution >= 0.6 is 0 Å². The van der Waals surface area contributed by atoms with Gasteiger partial charge < -0.3 is 10.1 Å². The Morgan fingerprint density at radius 3 is 2.79 bits per heavy atom. The van der Waals surface area contributed by atoms with E-state index in [-0.39, 0.29) is 22.7 Å². The minimum absolute atomic E-state index is 0.0562. The molecule has 0 aromatic heterocycles. The second-order valence-electron chi connectivity index (χ2n) is 10.5. The highest BCUT2D eigenvalue weighted by molar-refractivity contribution is 5.87. The summed E-state index contributed by atoms with van der Waals surface area (Å²) in [5.74, 6) is 2.44. The lowest BCUT2D eigenvalue weighted by atomic mass is 9.44. The first-order valence-corrected chi connectivity index (χ1v) is 11.7. The first kappa shape index (κ1) is 21.0. The Labute approximate surface area is 175 Å². The molecule has 4 aliphatic carbocycles. The SMILES string of the molecule is CNCCCONC1=CC2C(C=O)C[C@@H]3[C@H](CC[C@]4(C)C(=O)CC[C@@H]34)[C@@]2(C)CC1. The van der Waals surface area contributed by atoms with Crippen LogP contribution in [0.4, 0.5) is 0 Å². The van der Waals surface area contributed by atoms with Crippen LogP contribution in [0.5, 0.6) is 0 Å². The van der Waals surface area contributed by atoms with Crippen LogP contribution in [0.1, 0.15) is 65.2 Å². The zero-order valence-electron chi connectivity index (χ0n) is 18.3. The molecule has 4 aliphatic rings. The molecule has 0 aliphatic heterocycles. The number of allylic oxidation sites excluding steroid dienone is 2. The van der Waals surface area contributed by atoms with E-state index in [1.807, 2.05) is 7.05 Å². The van der Waals surface area contributed by atoms with Gasteiger partial charge >= 0.3 is 0 Å². The van der Waals surface area contributed by atoms with Gasteiger partial charge in [0.2, 0.25) is 0 Å². The van der Waals surface area contributed by atoms with Crippen molar-refractivity contribution in [2.75, 3.05) is 20.2 Å². The molecule has 162 valence electrons. The molecule has 0 saturated heterocycles. The lowest BCUT2D eigenvalue weighted by molar-refractivity contribution is -0.142. The third kappa shape index (κ3) is 3.48. The first-order valence-electron chi connectivity index (χ1n) is 11.7. The van der Waals surface area contributed by atoms with Gasteiger partial charge in [-0.2, -0.15) is 0 Å². The highest BCUT2D eigenvalue weighted by Gasteiger charge is 2.61. The lowest BCUT2D eigenvalue weighted by Gasteiger charge is -2.60. The van der Waals surface area contributed by atoms with Crippen molar-refractivity contribution in [3.8, 4) is 0 Å². The molecule has 0 spiro atoms. The highest BCUT2D eigenvalue weighted by atomic mass is 16.6. The van der Waals surface area contributed by atoms with E-state index in [0.717, 1.165) is 63.6 Å². The van der Waals surface area contributed by atoms with Crippen LogP contribution < -0.4 is 10.8 Å². The summed E-state index contributed by atoms with van der Waals surface area (Å²) >= 11 is 0. The Bertz CT molecular complexity index is 677. The third-order valence-electron chi connectivity index (χ3n) is 9.13. The van der Waals surface area contributed by atoms with Gasteiger partial charge in [0.15, 0.2) is 0 Å². The third-order valence-corrected chi connectivity index (χ3v) is 9.13. The number of carbonyl (C=O) groups is 2. The highest BCUT2D eigenvalue weighted by Crippen LogP contribution is 2.65. The van der Waals surface area contributed by atoms with Crippen molar-refractivity contribution < 1.29 is 14.4 Å². The number of hydroxylamine groups is 1. The van der Waals surface area contributed by atoms with E-state index < -0.39 is 0 Å². The van der Waals surface area contributed by atoms with Gasteiger partial charge in [0.1, 0.15) is 12.1 Å². The van der Waals surface area contributed by atoms with Gasteiger partial charge in [0, 0.05) is 23.5 Å². The molecule has 4 rings (SSSR count). The summed E-state index contributed by atoms with van der Waals surface area (Å²) in [6.07, 6.45) is 11.5. The zero-order chi connectivity index (χ0) is 20.6. The van der Waals surface area contributed by atoms with Crippen LogP contribution in [-0.4, -0.2) is 32.3 Å². The maximum atomic E-state index is 12.6. The van der Waals surface area contributed by atoms with E-state index in [9.17, 15) is 9.59 Å². The molecule has 5 nitrogen and oxygen atoms in total. The van der Waals surface area contributed by atoms with Crippen LogP contribution in [0.15, 0.2) is 11.8 Å². The molecule has 0 aromatic rings. The van der Waals surface area contributed by atoms with Crippen LogP contribution in [0.3, 0.4) is 0 Å². The molecule has 29 heavy (non-hydrogen) atoms. The van der Waals surface area contributed by atoms with E-state index in [1.165, 1.54) is 6.29 Å². The van der Waals surface area contributed by atoms with Crippen LogP contribution in [-0.2, 0) is 14.4 Å². The summed E-state index contributed by atoms with van der Waals surface area (Å²) in [6, 6.07) is 0. The van der Waals surface area contributed by atoms with Crippen LogP contribution in [0.25, 0.3) is 0 Å². The summed E-state index contributed by atoms with van der Waals surface area (Å²) in [6.45, 7) is 6.25. The summed E-state index contributed by atoms with van der Waals surface area (Å²) in [4.78, 5) is 30.4. The van der Waals surface area contributed by atoms with Crippen molar-refractivity contribution in [1.82, 2.24) is 10.8 Å². The quantitative estimate of drug-likeness (QED) is 0.387.